The van der Waals surface area contributed by atoms with Gasteiger partial charge in [-0.2, -0.15) is 0 Å². The van der Waals surface area contributed by atoms with Crippen LogP contribution < -0.4 is 68.3 Å². The molecule has 8 aromatic carbocycles. The van der Waals surface area contributed by atoms with Gasteiger partial charge in [0.1, 0.15) is 45.8 Å². The average molecular weight is 1950 g/mol. The fourth-order valence-electron chi connectivity index (χ4n) is 10.9. The molecule has 8 aromatic rings. The molecule has 0 saturated heterocycles. The highest BCUT2D eigenvalue weighted by Crippen LogP contribution is 2.33. The second-order valence-corrected chi connectivity index (χ2v) is 26.5. The molecule has 133 heavy (non-hydrogen) atoms. The van der Waals surface area contributed by atoms with Crippen molar-refractivity contribution in [3.63, 3.8) is 0 Å². The molecule has 0 aromatic heterocycles. The summed E-state index contributed by atoms with van der Waals surface area (Å²) in [7, 11) is 18.3. The molecule has 0 aliphatic carbocycles. The van der Waals surface area contributed by atoms with E-state index in [1.807, 2.05) is 22.6 Å². The normalized spacial score (nSPS) is 11.1. The van der Waals surface area contributed by atoms with Gasteiger partial charge in [0.15, 0.2) is 74.9 Å². The van der Waals surface area contributed by atoms with Gasteiger partial charge in [0.05, 0.1) is 134 Å². The highest BCUT2D eigenvalue weighted by atomic mass is 127. The number of ether oxygens (including phenoxy) is 12. The van der Waals surface area contributed by atoms with Crippen LogP contribution in [0.5, 0.6) is 69.0 Å². The lowest BCUT2D eigenvalue weighted by atomic mass is 10.0. The van der Waals surface area contributed by atoms with Gasteiger partial charge in [0.25, 0.3) is 0 Å². The number of hydrogen-bond acceptors (Lipinski definition) is 27. The highest BCUT2D eigenvalue weighted by Gasteiger charge is 2.18. The molecule has 0 atom stereocenters. The van der Waals surface area contributed by atoms with Crippen molar-refractivity contribution in [2.45, 2.75) is 77.4 Å². The zero-order valence-corrected chi connectivity index (χ0v) is 74.1. The molecule has 29 nitrogen and oxygen atoms in total. The lowest BCUT2D eigenvalue weighted by Crippen LogP contribution is -2.15. The summed E-state index contributed by atoms with van der Waals surface area (Å²) in [6, 6.07) is 41.3. The Bertz CT molecular complexity index is 5240. The van der Waals surface area contributed by atoms with E-state index in [1.54, 1.807) is 190 Å². The third-order valence-corrected chi connectivity index (χ3v) is 18.1. The Morgan fingerprint density at radius 2 is 0.504 bits per heavy atom. The Kier molecular flexibility index (Phi) is 61.3. The minimum atomic E-state index is -0.759. The van der Waals surface area contributed by atoms with Crippen molar-refractivity contribution in [1.82, 2.24) is 0 Å². The lowest BCUT2D eigenvalue weighted by Gasteiger charge is -2.08. The molecule has 0 aliphatic rings. The number of aliphatic hydroxyl groups is 8. The zero-order chi connectivity index (χ0) is 93.9. The third kappa shape index (κ3) is 41.7. The van der Waals surface area contributed by atoms with E-state index < -0.39 is 35.4 Å². The van der Waals surface area contributed by atoms with Crippen molar-refractivity contribution in [3.8, 4) is 69.0 Å². The molecular formula is C103H127IN2O27. The van der Waals surface area contributed by atoms with Crippen LogP contribution in [0, 0.1) is 0 Å². The fraction of sp³-hybridized carbons (Fsp3) is 0.233. The van der Waals surface area contributed by atoms with Crippen LogP contribution in [0.15, 0.2) is 241 Å². The molecule has 8 rings (SSSR count). The number of benzene rings is 8. The maximum absolute atomic E-state index is 12.7. The average Bonchev–Trinajstić information content (AvgIpc) is 0.984. The Morgan fingerprint density at radius 3 is 0.722 bits per heavy atom. The van der Waals surface area contributed by atoms with Crippen molar-refractivity contribution in [2.75, 3.05) is 89.7 Å². The molecule has 0 heterocycles. The number of amides is 2. The number of hydrogen-bond donors (Lipinski definition) is 10. The van der Waals surface area contributed by atoms with Gasteiger partial charge in [0.2, 0.25) is 11.8 Å². The van der Waals surface area contributed by atoms with Crippen LogP contribution in [0.25, 0.3) is 48.6 Å². The first kappa shape index (κ1) is 122. The number of carbonyl (C=O) groups excluding carboxylic acids is 7. The molecule has 2 amide bonds. The monoisotopic (exact) mass is 1950 g/mol. The van der Waals surface area contributed by atoms with E-state index in [4.69, 9.17) is 62.6 Å². The molecule has 0 aliphatic heterocycles. The minimum Gasteiger partial charge on any atom is -0.515 e. The van der Waals surface area contributed by atoms with Gasteiger partial charge in [-0.25, -0.2) is 0 Å². The summed E-state index contributed by atoms with van der Waals surface area (Å²) in [5, 5.41) is 77.4. The van der Waals surface area contributed by atoms with Crippen molar-refractivity contribution in [2.24, 2.45) is 11.5 Å². The van der Waals surface area contributed by atoms with Crippen molar-refractivity contribution in [1.29, 1.82) is 0 Å². The summed E-state index contributed by atoms with van der Waals surface area (Å²) in [4.78, 5) is 82.6. The first-order valence-electron chi connectivity index (χ1n) is 37.9. The van der Waals surface area contributed by atoms with Crippen LogP contribution in [0.3, 0.4) is 0 Å². The molecule has 0 radical (unpaired) electrons. The topological polar surface area (TPSA) is 444 Å². The summed E-state index contributed by atoms with van der Waals surface area (Å²) in [6.45, 7) is -0.767. The van der Waals surface area contributed by atoms with Crippen molar-refractivity contribution >= 4 is 112 Å². The van der Waals surface area contributed by atoms with E-state index >= 15 is 0 Å². The fourth-order valence-corrected chi connectivity index (χ4v) is 10.9. The molecule has 0 unspecified atom stereocenters. The second-order valence-electron chi connectivity index (χ2n) is 25.7. The Morgan fingerprint density at radius 1 is 0.293 bits per heavy atom. The Hall–Kier alpha value is -14.7. The molecule has 0 fully saturated rings. The minimum absolute atomic E-state index is 0. The maximum atomic E-state index is 12.7. The zero-order valence-electron chi connectivity index (χ0n) is 71.9. The number of alkyl halides is 1. The van der Waals surface area contributed by atoms with E-state index in [0.29, 0.717) is 124 Å². The number of allylic oxidation sites excluding steroid dienone is 11. The van der Waals surface area contributed by atoms with E-state index in [1.165, 1.54) is 138 Å². The number of halogens is 1. The lowest BCUT2D eigenvalue weighted by molar-refractivity contribution is -0.119. The number of primary amides is 2. The number of aliphatic hydroxyl groups excluding tert-OH is 8. The maximum Gasteiger partial charge on any atom is 0.227 e. The number of methoxy groups -OCH3 is 12. The van der Waals surface area contributed by atoms with Crippen LogP contribution >= 0.6 is 22.6 Å². The van der Waals surface area contributed by atoms with Gasteiger partial charge in [-0.3, -0.25) is 33.6 Å². The quantitative estimate of drug-likeness (QED) is 0.00324. The summed E-state index contributed by atoms with van der Waals surface area (Å²) in [5.74, 6) is 2.21. The van der Waals surface area contributed by atoms with Crippen molar-refractivity contribution < 1.29 is 131 Å². The van der Waals surface area contributed by atoms with Gasteiger partial charge in [-0.1, -0.05) is 164 Å². The van der Waals surface area contributed by atoms with E-state index in [-0.39, 0.29) is 111 Å². The van der Waals surface area contributed by atoms with Crippen LogP contribution in [0.2, 0.25) is 0 Å². The standard InChI is InChI=1S/C25H27NO7.C24H24O7.2C23H24O6.C2H4INO.6CH4/c1-31-22-10-6-16(12-18(22)15-27)4-8-20(28)19(14-25(26)30)21(29)9-5-17-7-11-23(32-2)24(13-17)33-3;1-29-22-10-6-16(12-18(22)14-25)4-8-20(27)19(15-26)21(28)9-5-17-7-11-23(30-2)24(13-17)31-3;2*1-27-21-10-6-16(12-18(21)15-24)4-8-19(25)14-20(26)9-5-17-7-11-22(28-2)23(13-17)29-3;3-1-2(4)5;;;;;;/h4-13,27-28H,14-15H2,1-3H3,(H2,26,30);4-13,15,25-26H,14H2,1-3H3;2*4-14,24-25H,15H2,1-3H3;1H2,(H2,4,5);6*1H4/b8-4+,9-5+,20-19?;8-4+,9-5+,19-15?;2*8-4+,9-5+,19-14?;;;;;;;. The van der Waals surface area contributed by atoms with E-state index in [2.05, 4.69) is 5.73 Å². The summed E-state index contributed by atoms with van der Waals surface area (Å²) in [6.07, 6.45) is 25.3. The van der Waals surface area contributed by atoms with Gasteiger partial charge < -0.3 is 109 Å². The molecule has 12 N–H and O–H groups in total. The summed E-state index contributed by atoms with van der Waals surface area (Å²) < 4.78 is 62.6. The van der Waals surface area contributed by atoms with Gasteiger partial charge >= 0.3 is 0 Å². The van der Waals surface area contributed by atoms with E-state index in [0.717, 1.165) is 34.4 Å². The first-order chi connectivity index (χ1) is 61.1. The molecule has 0 spiro atoms. The summed E-state index contributed by atoms with van der Waals surface area (Å²) >= 11 is 1.90. The molecule has 0 saturated carbocycles. The first-order valence-corrected chi connectivity index (χ1v) is 39.4. The van der Waals surface area contributed by atoms with Crippen molar-refractivity contribution in [3.05, 3.63) is 308 Å². The highest BCUT2D eigenvalue weighted by molar-refractivity contribution is 14.1. The van der Waals surface area contributed by atoms with E-state index in [9.17, 15) is 74.4 Å². The SMILES string of the molecule is C.C.C.C.C.C.COc1ccc(/C=C/C(=O)C(=CO)C(=O)/C=C/c2ccc(OC)c(OC)c2)cc1CO.COc1ccc(/C=C/C(O)=C(CC(N)=O)C(=O)/C=C/c2ccc(OC)c(OC)c2)cc1CO.COc1ccc(/C=C/C(O)=CC(=O)/C=C/c2ccc(OC)c(OC)c2)cc1CO.COc1ccc(/C=C/C(O)=CC(=O)/C=C/c2ccc(OC)c(OC)c2)cc1CO.NC(=O)CI. The largest absolute Gasteiger partial charge is 0.515 e. The second kappa shape index (κ2) is 66.6. The third-order valence-electron chi connectivity index (χ3n) is 17.3. The van der Waals surface area contributed by atoms with Crippen LogP contribution in [-0.2, 0) is 60.0 Å². The number of ketones is 5. The molecular weight excluding hydrogens is 1820 g/mol. The molecule has 0 bridgehead atoms. The Balaban J connectivity index is -0.00000164. The number of rotatable bonds is 40. The molecule has 718 valence electrons. The predicted octanol–water partition coefficient (Wildman–Crippen LogP) is 18.3. The predicted molar refractivity (Wildman–Crippen MR) is 535 cm³/mol. The van der Waals surface area contributed by atoms with Gasteiger partial charge in [0, 0.05) is 34.4 Å². The Labute approximate surface area is 793 Å². The summed E-state index contributed by atoms with van der Waals surface area (Å²) in [5.41, 5.74) is 17.4. The smallest absolute Gasteiger partial charge is 0.227 e. The van der Waals surface area contributed by atoms with Gasteiger partial charge in [-0.05, 0) is 190 Å². The number of nitrogens with two attached hydrogens (primary N) is 2. The van der Waals surface area contributed by atoms with Crippen LogP contribution in [0.1, 0.15) is 118 Å². The molecule has 30 heteroatoms. The number of carbonyl (C=O) groups is 7. The van der Waals surface area contributed by atoms with Crippen LogP contribution in [0.4, 0.5) is 0 Å². The van der Waals surface area contributed by atoms with Crippen LogP contribution in [-0.4, -0.2) is 171 Å². The van der Waals surface area contributed by atoms with Gasteiger partial charge in [-0.15, -0.1) is 0 Å².